The van der Waals surface area contributed by atoms with Crippen LogP contribution in [-0.4, -0.2) is 11.5 Å². The Balaban J connectivity index is 2.40. The van der Waals surface area contributed by atoms with Gasteiger partial charge < -0.3 is 9.73 Å². The molecule has 18 heavy (non-hydrogen) atoms. The third kappa shape index (κ3) is 2.40. The first-order valence-electron chi connectivity index (χ1n) is 5.39. The molecule has 5 heteroatoms. The molecule has 0 atom stereocenters. The van der Waals surface area contributed by atoms with Crippen molar-refractivity contribution in [2.24, 2.45) is 0 Å². The Bertz CT molecular complexity index is 562. The Morgan fingerprint density at radius 3 is 2.89 bits per heavy atom. The number of nitrogens with one attached hydrogen (secondary N) is 1. The number of furan rings is 1. The fourth-order valence-corrected chi connectivity index (χ4v) is 1.61. The van der Waals surface area contributed by atoms with E-state index in [1.54, 1.807) is 30.3 Å². The van der Waals surface area contributed by atoms with E-state index >= 15 is 0 Å². The maximum atomic E-state index is 11.0. The van der Waals surface area contributed by atoms with Crippen LogP contribution in [0.5, 0.6) is 0 Å². The number of anilines is 1. The number of nitro groups is 1. The van der Waals surface area contributed by atoms with Crippen LogP contribution in [0.3, 0.4) is 0 Å². The summed E-state index contributed by atoms with van der Waals surface area (Å²) in [6, 6.07) is 8.43. The van der Waals surface area contributed by atoms with Gasteiger partial charge >= 0.3 is 0 Å². The predicted molar refractivity (Wildman–Crippen MR) is 69.5 cm³/mol. The summed E-state index contributed by atoms with van der Waals surface area (Å²) in [5, 5.41) is 13.9. The molecule has 0 aliphatic rings. The summed E-state index contributed by atoms with van der Waals surface area (Å²) in [7, 11) is 0. The van der Waals surface area contributed by atoms with Crippen LogP contribution in [0.1, 0.15) is 0 Å². The molecule has 0 unspecified atom stereocenters. The molecule has 0 radical (unpaired) electrons. The van der Waals surface area contributed by atoms with Crippen LogP contribution >= 0.6 is 0 Å². The van der Waals surface area contributed by atoms with Crippen molar-refractivity contribution in [1.82, 2.24) is 0 Å². The molecule has 0 spiro atoms. The minimum absolute atomic E-state index is 0.0192. The summed E-state index contributed by atoms with van der Waals surface area (Å²) in [4.78, 5) is 10.6. The lowest BCUT2D eigenvalue weighted by atomic mass is 10.1. The van der Waals surface area contributed by atoms with Crippen molar-refractivity contribution in [2.75, 3.05) is 11.9 Å². The van der Waals surface area contributed by atoms with E-state index in [-0.39, 0.29) is 5.69 Å². The molecule has 2 aromatic rings. The average Bonchev–Trinajstić information content (AvgIpc) is 2.90. The van der Waals surface area contributed by atoms with E-state index in [1.165, 1.54) is 12.3 Å². The highest BCUT2D eigenvalue weighted by molar-refractivity contribution is 5.71. The van der Waals surface area contributed by atoms with Crippen molar-refractivity contribution >= 4 is 11.4 Å². The fraction of sp³-hybridized carbons (Fsp3) is 0.0769. The predicted octanol–water partition coefficient (Wildman–Crippen LogP) is 3.45. The maximum absolute atomic E-state index is 11.0. The minimum Gasteiger partial charge on any atom is -0.464 e. The van der Waals surface area contributed by atoms with Crippen LogP contribution in [0, 0.1) is 10.1 Å². The van der Waals surface area contributed by atoms with Crippen LogP contribution in [-0.2, 0) is 0 Å². The summed E-state index contributed by atoms with van der Waals surface area (Å²) in [6.07, 6.45) is 3.18. The van der Waals surface area contributed by atoms with E-state index in [4.69, 9.17) is 4.42 Å². The van der Waals surface area contributed by atoms with Crippen LogP contribution in [0.25, 0.3) is 11.3 Å². The zero-order valence-corrected chi connectivity index (χ0v) is 9.63. The number of benzene rings is 1. The van der Waals surface area contributed by atoms with Crippen molar-refractivity contribution in [3.8, 4) is 11.3 Å². The Kier molecular flexibility index (Phi) is 3.43. The van der Waals surface area contributed by atoms with Gasteiger partial charge in [0.15, 0.2) is 0 Å². The van der Waals surface area contributed by atoms with Gasteiger partial charge in [-0.15, -0.1) is 6.58 Å². The van der Waals surface area contributed by atoms with Gasteiger partial charge in [0.25, 0.3) is 5.69 Å². The van der Waals surface area contributed by atoms with E-state index in [0.717, 1.165) is 0 Å². The smallest absolute Gasteiger partial charge is 0.293 e. The summed E-state index contributed by atoms with van der Waals surface area (Å²) >= 11 is 0. The lowest BCUT2D eigenvalue weighted by Crippen LogP contribution is -2.01. The van der Waals surface area contributed by atoms with E-state index < -0.39 is 4.92 Å². The van der Waals surface area contributed by atoms with Gasteiger partial charge in [-0.2, -0.15) is 0 Å². The molecule has 0 aliphatic carbocycles. The molecular formula is C13H12N2O3. The Morgan fingerprint density at radius 2 is 2.28 bits per heavy atom. The third-order valence-electron chi connectivity index (χ3n) is 2.44. The lowest BCUT2D eigenvalue weighted by molar-refractivity contribution is -0.383. The largest absolute Gasteiger partial charge is 0.464 e. The lowest BCUT2D eigenvalue weighted by Gasteiger charge is -2.05. The summed E-state index contributed by atoms with van der Waals surface area (Å²) in [5.74, 6) is 0.605. The second-order valence-electron chi connectivity index (χ2n) is 3.64. The van der Waals surface area contributed by atoms with E-state index in [0.29, 0.717) is 23.6 Å². The second kappa shape index (κ2) is 5.18. The quantitative estimate of drug-likeness (QED) is 0.497. The molecule has 0 amide bonds. The Hall–Kier alpha value is -2.56. The molecule has 0 bridgehead atoms. The molecule has 1 heterocycles. The molecular weight excluding hydrogens is 232 g/mol. The first kappa shape index (κ1) is 11.9. The maximum Gasteiger partial charge on any atom is 0.293 e. The fourth-order valence-electron chi connectivity index (χ4n) is 1.61. The highest BCUT2D eigenvalue weighted by Crippen LogP contribution is 2.30. The summed E-state index contributed by atoms with van der Waals surface area (Å²) in [5.41, 5.74) is 1.16. The molecule has 0 aliphatic heterocycles. The molecule has 1 aromatic carbocycles. The third-order valence-corrected chi connectivity index (χ3v) is 2.44. The molecule has 0 saturated heterocycles. The first-order valence-corrected chi connectivity index (χ1v) is 5.39. The van der Waals surface area contributed by atoms with Crippen LogP contribution < -0.4 is 5.32 Å². The highest BCUT2D eigenvalue weighted by atomic mass is 16.6. The van der Waals surface area contributed by atoms with Gasteiger partial charge in [0, 0.05) is 18.2 Å². The number of nitro benzene ring substituents is 1. The monoisotopic (exact) mass is 244 g/mol. The average molecular weight is 244 g/mol. The Labute approximate surface area is 104 Å². The van der Waals surface area contributed by atoms with Crippen molar-refractivity contribution in [2.45, 2.75) is 0 Å². The van der Waals surface area contributed by atoms with Gasteiger partial charge in [0.05, 0.1) is 11.2 Å². The molecule has 0 fully saturated rings. The minimum atomic E-state index is -0.419. The Morgan fingerprint density at radius 1 is 1.44 bits per heavy atom. The normalized spacial score (nSPS) is 10.0. The van der Waals surface area contributed by atoms with Crippen molar-refractivity contribution in [3.05, 3.63) is 59.4 Å². The first-order chi connectivity index (χ1) is 8.72. The zero-order valence-electron chi connectivity index (χ0n) is 9.63. The molecule has 92 valence electrons. The van der Waals surface area contributed by atoms with Crippen LogP contribution in [0.15, 0.2) is 53.7 Å². The van der Waals surface area contributed by atoms with Gasteiger partial charge in [-0.05, 0) is 24.3 Å². The standard InChI is InChI=1S/C13H12N2O3/c1-2-7-14-11-6-5-10(9-12(11)15(16)17)13-4-3-8-18-13/h2-6,8-9,14H,1,7H2. The van der Waals surface area contributed by atoms with E-state index in [9.17, 15) is 10.1 Å². The van der Waals surface area contributed by atoms with E-state index in [1.807, 2.05) is 0 Å². The van der Waals surface area contributed by atoms with Crippen LogP contribution in [0.4, 0.5) is 11.4 Å². The summed E-state index contributed by atoms with van der Waals surface area (Å²) in [6.45, 7) is 4.03. The summed E-state index contributed by atoms with van der Waals surface area (Å²) < 4.78 is 5.22. The number of hydrogen-bond donors (Lipinski definition) is 1. The SMILES string of the molecule is C=CCNc1ccc(-c2ccco2)cc1[N+](=O)[O-]. The van der Waals surface area contributed by atoms with Gasteiger partial charge in [-0.3, -0.25) is 10.1 Å². The number of nitrogens with zero attached hydrogens (tertiary/aromatic N) is 1. The second-order valence-corrected chi connectivity index (χ2v) is 3.64. The van der Waals surface area contributed by atoms with Crippen LogP contribution in [0.2, 0.25) is 0 Å². The molecule has 1 aromatic heterocycles. The van der Waals surface area contributed by atoms with Gasteiger partial charge in [-0.25, -0.2) is 0 Å². The van der Waals surface area contributed by atoms with Gasteiger partial charge in [0.2, 0.25) is 0 Å². The van der Waals surface area contributed by atoms with E-state index in [2.05, 4.69) is 11.9 Å². The molecule has 2 rings (SSSR count). The zero-order chi connectivity index (χ0) is 13.0. The van der Waals surface area contributed by atoms with Crippen molar-refractivity contribution < 1.29 is 9.34 Å². The molecule has 1 N–H and O–H groups in total. The topological polar surface area (TPSA) is 68.3 Å². The van der Waals surface area contributed by atoms with Crippen molar-refractivity contribution in [1.29, 1.82) is 0 Å². The number of rotatable bonds is 5. The van der Waals surface area contributed by atoms with Gasteiger partial charge in [-0.1, -0.05) is 6.08 Å². The van der Waals surface area contributed by atoms with Gasteiger partial charge in [0.1, 0.15) is 11.4 Å². The molecule has 5 nitrogen and oxygen atoms in total. The van der Waals surface area contributed by atoms with Crippen molar-refractivity contribution in [3.63, 3.8) is 0 Å². The highest BCUT2D eigenvalue weighted by Gasteiger charge is 2.15. The number of hydrogen-bond acceptors (Lipinski definition) is 4. The molecule has 0 saturated carbocycles.